The molecule has 0 aliphatic carbocycles. The van der Waals surface area contributed by atoms with Gasteiger partial charge < -0.3 is 10.1 Å². The van der Waals surface area contributed by atoms with Crippen LogP contribution in [0.1, 0.15) is 31.2 Å². The van der Waals surface area contributed by atoms with Gasteiger partial charge in [0.1, 0.15) is 11.6 Å². The van der Waals surface area contributed by atoms with Crippen LogP contribution < -0.4 is 14.8 Å². The van der Waals surface area contributed by atoms with Gasteiger partial charge in [0.25, 0.3) is 15.9 Å². The van der Waals surface area contributed by atoms with E-state index in [2.05, 4.69) is 25.1 Å². The maximum Gasteiger partial charge on any atom is 0.422 e. The van der Waals surface area contributed by atoms with Crippen molar-refractivity contribution in [2.75, 3.05) is 23.2 Å². The van der Waals surface area contributed by atoms with E-state index in [4.69, 9.17) is 4.74 Å². The second-order valence-corrected chi connectivity index (χ2v) is 11.1. The van der Waals surface area contributed by atoms with Crippen molar-refractivity contribution in [3.8, 4) is 22.8 Å². The van der Waals surface area contributed by atoms with Gasteiger partial charge in [0.15, 0.2) is 11.6 Å². The van der Waals surface area contributed by atoms with E-state index in [0.29, 0.717) is 25.2 Å². The molecule has 9 nitrogen and oxygen atoms in total. The zero-order valence-corrected chi connectivity index (χ0v) is 22.7. The van der Waals surface area contributed by atoms with E-state index in [0.717, 1.165) is 4.68 Å². The van der Waals surface area contributed by atoms with Gasteiger partial charge in [-0.3, -0.25) is 4.72 Å². The molecule has 1 aliphatic heterocycles. The van der Waals surface area contributed by atoms with Gasteiger partial charge in [0, 0.05) is 36.4 Å². The molecule has 0 spiro atoms. The number of nitrogens with one attached hydrogen (secondary N) is 2. The maximum atomic E-state index is 15.6. The number of halogens is 5. The number of sulfonamides is 1. The Morgan fingerprint density at radius 2 is 1.74 bits per heavy atom. The lowest BCUT2D eigenvalue weighted by molar-refractivity contribution is -0.154. The first kappa shape index (κ1) is 29.2. The molecular formula is C27H25F5N6O3S. The average molecular weight is 609 g/mol. The van der Waals surface area contributed by atoms with Gasteiger partial charge in [0.2, 0.25) is 5.88 Å². The summed E-state index contributed by atoms with van der Waals surface area (Å²) in [6.07, 6.45) is -2.50. The van der Waals surface area contributed by atoms with Crippen LogP contribution in [0.3, 0.4) is 0 Å². The summed E-state index contributed by atoms with van der Waals surface area (Å²) in [5, 5.41) is 6.73. The van der Waals surface area contributed by atoms with Crippen LogP contribution in [0.2, 0.25) is 0 Å². The van der Waals surface area contributed by atoms with Crippen molar-refractivity contribution in [2.24, 2.45) is 0 Å². The number of alkyl halides is 5. The van der Waals surface area contributed by atoms with Gasteiger partial charge >= 0.3 is 6.18 Å². The molecule has 0 unspecified atom stereocenters. The minimum absolute atomic E-state index is 0.00193. The van der Waals surface area contributed by atoms with Crippen LogP contribution in [0.25, 0.3) is 16.9 Å². The molecule has 0 saturated heterocycles. The van der Waals surface area contributed by atoms with Crippen molar-refractivity contribution in [1.29, 1.82) is 0 Å². The van der Waals surface area contributed by atoms with Crippen LogP contribution in [0.5, 0.6) is 5.88 Å². The molecule has 0 saturated carbocycles. The topological polar surface area (TPSA) is 111 Å². The van der Waals surface area contributed by atoms with Crippen molar-refractivity contribution >= 4 is 21.7 Å². The molecule has 5 rings (SSSR count). The molecule has 0 amide bonds. The van der Waals surface area contributed by atoms with Crippen LogP contribution >= 0.6 is 0 Å². The van der Waals surface area contributed by atoms with E-state index in [1.807, 2.05) is 0 Å². The standard InChI is InChI=1S/C27H25F5N6O3S/c28-26(29)14-4-1-5-15-33-21-9-6-10-24(34-21)42(39,40)37-22-12-11-20(25(35-22)18-7-2-3-8-19(18)26)38-16-13-23(36-38)41-17-27(30,31)32/h2-3,6-13,16H,1,4-5,14-15,17H2,(H,33,34)(H,35,37). The Labute approximate surface area is 237 Å². The van der Waals surface area contributed by atoms with E-state index in [1.165, 1.54) is 60.8 Å². The quantitative estimate of drug-likeness (QED) is 0.269. The number of fused-ring (bicyclic) bond motifs is 6. The summed E-state index contributed by atoms with van der Waals surface area (Å²) in [5.74, 6) is -3.51. The molecule has 0 fully saturated rings. The molecule has 4 heterocycles. The largest absolute Gasteiger partial charge is 0.467 e. The molecule has 4 aromatic rings. The molecule has 1 aliphatic rings. The number of benzene rings is 1. The molecule has 3 aromatic heterocycles. The molecule has 0 radical (unpaired) electrons. The fraction of sp³-hybridized carbons (Fsp3) is 0.296. The van der Waals surface area contributed by atoms with Crippen LogP contribution in [-0.2, 0) is 15.9 Å². The Morgan fingerprint density at radius 3 is 2.55 bits per heavy atom. The lowest BCUT2D eigenvalue weighted by Gasteiger charge is -2.21. The highest BCUT2D eigenvalue weighted by molar-refractivity contribution is 7.92. The van der Waals surface area contributed by atoms with Crippen molar-refractivity contribution in [3.63, 3.8) is 0 Å². The Bertz CT molecular complexity index is 1680. The number of nitrogens with zero attached hydrogens (tertiary/aromatic N) is 4. The highest BCUT2D eigenvalue weighted by atomic mass is 32.2. The maximum absolute atomic E-state index is 15.6. The lowest BCUT2D eigenvalue weighted by Crippen LogP contribution is -2.19. The first-order valence-corrected chi connectivity index (χ1v) is 14.4. The van der Waals surface area contributed by atoms with Gasteiger partial charge in [-0.1, -0.05) is 36.8 Å². The van der Waals surface area contributed by atoms with Crippen molar-refractivity contribution in [2.45, 2.75) is 42.8 Å². The minimum atomic E-state index is -4.59. The second-order valence-electron chi connectivity index (χ2n) is 9.52. The second kappa shape index (κ2) is 11.5. The fourth-order valence-corrected chi connectivity index (χ4v) is 5.40. The first-order chi connectivity index (χ1) is 19.9. The third-order valence-electron chi connectivity index (χ3n) is 6.36. The van der Waals surface area contributed by atoms with Crippen molar-refractivity contribution in [3.05, 3.63) is 72.4 Å². The summed E-state index contributed by atoms with van der Waals surface area (Å²) in [7, 11) is -4.25. The van der Waals surface area contributed by atoms with Crippen LogP contribution in [-0.4, -0.2) is 47.5 Å². The Hall–Kier alpha value is -4.27. The summed E-state index contributed by atoms with van der Waals surface area (Å²) >= 11 is 0. The van der Waals surface area contributed by atoms with Crippen molar-refractivity contribution in [1.82, 2.24) is 19.7 Å². The van der Waals surface area contributed by atoms with E-state index in [-0.39, 0.29) is 45.7 Å². The number of anilines is 2. The molecule has 0 atom stereocenters. The molecule has 222 valence electrons. The minimum Gasteiger partial charge on any atom is -0.467 e. The summed E-state index contributed by atoms with van der Waals surface area (Å²) in [5.41, 5.74) is -0.318. The van der Waals surface area contributed by atoms with Crippen molar-refractivity contribution < 1.29 is 35.1 Å². The van der Waals surface area contributed by atoms with Gasteiger partial charge in [-0.05, 0) is 37.1 Å². The summed E-state index contributed by atoms with van der Waals surface area (Å²) in [6, 6.07) is 13.9. The fourth-order valence-electron chi connectivity index (χ4n) is 4.43. The smallest absolute Gasteiger partial charge is 0.422 e. The molecule has 15 heteroatoms. The van der Waals surface area contributed by atoms with Crippen LogP contribution in [0, 0.1) is 0 Å². The molecule has 1 aromatic carbocycles. The first-order valence-electron chi connectivity index (χ1n) is 12.9. The van der Waals surface area contributed by atoms with E-state index >= 15 is 8.78 Å². The number of hydrogen-bond donors (Lipinski definition) is 2. The number of hydrogen-bond acceptors (Lipinski definition) is 7. The summed E-state index contributed by atoms with van der Waals surface area (Å²) in [4.78, 5) is 8.54. The lowest BCUT2D eigenvalue weighted by atomic mass is 9.94. The predicted octanol–water partition coefficient (Wildman–Crippen LogP) is 6.15. The number of pyridine rings is 2. The zero-order valence-electron chi connectivity index (χ0n) is 21.9. The van der Waals surface area contributed by atoms with E-state index in [9.17, 15) is 21.6 Å². The number of ether oxygens (including phenoxy) is 1. The molecule has 42 heavy (non-hydrogen) atoms. The number of aromatic nitrogens is 4. The monoisotopic (exact) mass is 608 g/mol. The molecule has 4 bridgehead atoms. The van der Waals surface area contributed by atoms with E-state index in [1.54, 1.807) is 6.07 Å². The number of rotatable bonds is 3. The van der Waals surface area contributed by atoms with Gasteiger partial charge in [-0.2, -0.15) is 21.6 Å². The predicted molar refractivity (Wildman–Crippen MR) is 144 cm³/mol. The van der Waals surface area contributed by atoms with Crippen LogP contribution in [0.4, 0.5) is 33.6 Å². The third-order valence-corrected chi connectivity index (χ3v) is 7.61. The van der Waals surface area contributed by atoms with Gasteiger partial charge in [-0.15, -0.1) is 5.10 Å². The normalized spacial score (nSPS) is 16.8. The Kier molecular flexibility index (Phi) is 8.03. The van der Waals surface area contributed by atoms with Gasteiger partial charge in [0.05, 0.1) is 11.4 Å². The van der Waals surface area contributed by atoms with E-state index < -0.39 is 35.1 Å². The summed E-state index contributed by atoms with van der Waals surface area (Å²) < 4.78 is 104. The molecular weight excluding hydrogens is 583 g/mol. The SMILES string of the molecule is O=S1(=O)Nc2ccc(-n3ccc(OCC(F)(F)F)n3)c(n2)-c2ccccc2C(F)(F)CCCCCNc2cccc1n2. The van der Waals surface area contributed by atoms with Crippen LogP contribution in [0.15, 0.2) is 71.9 Å². The highest BCUT2D eigenvalue weighted by Crippen LogP contribution is 2.41. The average Bonchev–Trinajstić information content (AvgIpc) is 3.42. The third kappa shape index (κ3) is 6.78. The Morgan fingerprint density at radius 1 is 0.929 bits per heavy atom. The molecule has 2 N–H and O–H groups in total. The van der Waals surface area contributed by atoms with Gasteiger partial charge in [-0.25, -0.2) is 23.4 Å². The highest BCUT2D eigenvalue weighted by Gasteiger charge is 2.35. The zero-order chi connectivity index (χ0) is 30.0. The Balaban J connectivity index is 1.63. The summed E-state index contributed by atoms with van der Waals surface area (Å²) in [6.45, 7) is -1.16.